The summed E-state index contributed by atoms with van der Waals surface area (Å²) in [6.07, 6.45) is -1.37. The minimum Gasteiger partial charge on any atom is -0.496 e. The number of nitrogens with two attached hydrogens (primary N) is 1. The van der Waals surface area contributed by atoms with Crippen LogP contribution in [0.5, 0.6) is 5.75 Å². The number of hydrogen-bond donors (Lipinski definition) is 1. The van der Waals surface area contributed by atoms with Crippen molar-refractivity contribution in [2.45, 2.75) is 6.43 Å². The second kappa shape index (κ2) is 4.40. The molecule has 90 valence electrons. The maximum atomic E-state index is 13.0. The molecule has 0 aliphatic carbocycles. The van der Waals surface area contributed by atoms with Crippen LogP contribution in [0.4, 0.5) is 14.7 Å². The second-order valence-corrected chi connectivity index (χ2v) is 3.33. The normalized spacial score (nSPS) is 10.8. The van der Waals surface area contributed by atoms with Gasteiger partial charge in [0.15, 0.2) is 0 Å². The molecule has 6 heteroatoms. The molecule has 1 heterocycles. The van der Waals surface area contributed by atoms with Crippen molar-refractivity contribution in [3.05, 3.63) is 30.0 Å². The molecule has 1 aromatic carbocycles. The Kier molecular flexibility index (Phi) is 2.95. The Morgan fingerprint density at radius 1 is 1.35 bits per heavy atom. The number of halogens is 2. The Morgan fingerprint density at radius 2 is 2.12 bits per heavy atom. The smallest absolute Gasteiger partial charge is 0.268 e. The highest BCUT2D eigenvalue weighted by molar-refractivity contribution is 5.76. The van der Waals surface area contributed by atoms with E-state index in [9.17, 15) is 8.78 Å². The minimum atomic E-state index is -2.67. The number of anilines is 1. The summed E-state index contributed by atoms with van der Waals surface area (Å²) in [4.78, 5) is 0. The van der Waals surface area contributed by atoms with Gasteiger partial charge in [0.05, 0.1) is 24.4 Å². The molecule has 0 spiro atoms. The highest BCUT2D eigenvalue weighted by Gasteiger charge is 2.22. The van der Waals surface area contributed by atoms with Gasteiger partial charge >= 0.3 is 0 Å². The van der Waals surface area contributed by atoms with Gasteiger partial charge in [-0.3, -0.25) is 0 Å². The predicted octanol–water partition coefficient (Wildman–Crippen LogP) is 2.87. The zero-order valence-electron chi connectivity index (χ0n) is 8.98. The SMILES string of the molecule is COc1cccc(-c2cnoc2N)c1C(F)F. The summed E-state index contributed by atoms with van der Waals surface area (Å²) in [5, 5.41) is 3.47. The molecular weight excluding hydrogens is 230 g/mol. The molecule has 17 heavy (non-hydrogen) atoms. The maximum absolute atomic E-state index is 13.0. The first-order valence-corrected chi connectivity index (χ1v) is 4.80. The van der Waals surface area contributed by atoms with Crippen molar-refractivity contribution in [1.82, 2.24) is 5.16 Å². The maximum Gasteiger partial charge on any atom is 0.268 e. The van der Waals surface area contributed by atoms with Gasteiger partial charge < -0.3 is 15.0 Å². The van der Waals surface area contributed by atoms with Crippen molar-refractivity contribution in [3.63, 3.8) is 0 Å². The molecule has 0 aliphatic heterocycles. The molecule has 0 saturated heterocycles. The van der Waals surface area contributed by atoms with E-state index < -0.39 is 6.43 Å². The minimum absolute atomic E-state index is 0.000142. The predicted molar refractivity (Wildman–Crippen MR) is 57.9 cm³/mol. The zero-order chi connectivity index (χ0) is 12.4. The quantitative estimate of drug-likeness (QED) is 0.896. The molecular formula is C11H10F2N2O2. The van der Waals surface area contributed by atoms with E-state index in [-0.39, 0.29) is 22.8 Å². The highest BCUT2D eigenvalue weighted by Crippen LogP contribution is 2.39. The number of alkyl halides is 2. The summed E-state index contributed by atoms with van der Waals surface area (Å²) >= 11 is 0. The number of nitrogen functional groups attached to an aromatic ring is 1. The van der Waals surface area contributed by atoms with Crippen LogP contribution < -0.4 is 10.5 Å². The molecule has 0 bridgehead atoms. The molecule has 2 N–H and O–H groups in total. The molecule has 1 aromatic heterocycles. The third-order valence-electron chi connectivity index (χ3n) is 2.39. The zero-order valence-corrected chi connectivity index (χ0v) is 8.98. The summed E-state index contributed by atoms with van der Waals surface area (Å²) in [6.45, 7) is 0. The molecule has 0 aliphatic rings. The summed E-state index contributed by atoms with van der Waals surface area (Å²) in [7, 11) is 1.34. The summed E-state index contributed by atoms with van der Waals surface area (Å²) in [5.41, 5.74) is 5.90. The molecule has 0 atom stereocenters. The van der Waals surface area contributed by atoms with Gasteiger partial charge in [0.1, 0.15) is 5.75 Å². The first kappa shape index (κ1) is 11.4. The van der Waals surface area contributed by atoms with Gasteiger partial charge in [0.25, 0.3) is 6.43 Å². The van der Waals surface area contributed by atoms with Crippen LogP contribution >= 0.6 is 0 Å². The van der Waals surface area contributed by atoms with Gasteiger partial charge in [-0.05, 0) is 6.07 Å². The Morgan fingerprint density at radius 3 is 2.65 bits per heavy atom. The molecule has 0 fully saturated rings. The van der Waals surface area contributed by atoms with Crippen LogP contribution in [0.3, 0.4) is 0 Å². The number of methoxy groups -OCH3 is 1. The summed E-state index contributed by atoms with van der Waals surface area (Å²) < 4.78 is 35.6. The van der Waals surface area contributed by atoms with Crippen LogP contribution in [0.25, 0.3) is 11.1 Å². The lowest BCUT2D eigenvalue weighted by atomic mass is 10.0. The van der Waals surface area contributed by atoms with Crippen molar-refractivity contribution in [3.8, 4) is 16.9 Å². The number of hydrogen-bond acceptors (Lipinski definition) is 4. The fourth-order valence-electron chi connectivity index (χ4n) is 1.63. The van der Waals surface area contributed by atoms with E-state index in [4.69, 9.17) is 10.5 Å². The van der Waals surface area contributed by atoms with Crippen LogP contribution in [0, 0.1) is 0 Å². The molecule has 0 saturated carbocycles. The molecule has 0 unspecified atom stereocenters. The average molecular weight is 240 g/mol. The van der Waals surface area contributed by atoms with E-state index in [1.54, 1.807) is 6.07 Å². The topological polar surface area (TPSA) is 61.3 Å². The van der Waals surface area contributed by atoms with Gasteiger partial charge in [-0.1, -0.05) is 17.3 Å². The van der Waals surface area contributed by atoms with Crippen LogP contribution in [-0.4, -0.2) is 12.3 Å². The number of ether oxygens (including phenoxy) is 1. The van der Waals surface area contributed by atoms with Crippen molar-refractivity contribution < 1.29 is 18.0 Å². The highest BCUT2D eigenvalue weighted by atomic mass is 19.3. The summed E-state index contributed by atoms with van der Waals surface area (Å²) in [6, 6.07) is 4.59. The number of aromatic nitrogens is 1. The second-order valence-electron chi connectivity index (χ2n) is 3.33. The van der Waals surface area contributed by atoms with Crippen LogP contribution in [0.15, 0.2) is 28.9 Å². The lowest BCUT2D eigenvalue weighted by Gasteiger charge is -2.11. The van der Waals surface area contributed by atoms with Crippen molar-refractivity contribution in [2.24, 2.45) is 0 Å². The third kappa shape index (κ3) is 1.93. The van der Waals surface area contributed by atoms with Crippen LogP contribution in [0.2, 0.25) is 0 Å². The van der Waals surface area contributed by atoms with Gasteiger partial charge in [-0.15, -0.1) is 0 Å². The van der Waals surface area contributed by atoms with E-state index in [1.807, 2.05) is 0 Å². The van der Waals surface area contributed by atoms with Crippen molar-refractivity contribution in [2.75, 3.05) is 12.8 Å². The Hall–Kier alpha value is -2.11. The van der Waals surface area contributed by atoms with Crippen molar-refractivity contribution >= 4 is 5.88 Å². The lowest BCUT2D eigenvalue weighted by Crippen LogP contribution is -1.96. The largest absolute Gasteiger partial charge is 0.496 e. The Bertz CT molecular complexity index is 526. The molecule has 2 rings (SSSR count). The molecule has 0 radical (unpaired) electrons. The first-order chi connectivity index (χ1) is 8.15. The van der Waals surface area contributed by atoms with Gasteiger partial charge in [0, 0.05) is 5.56 Å². The van der Waals surface area contributed by atoms with Gasteiger partial charge in [0.2, 0.25) is 5.88 Å². The Labute approximate surface area is 96.0 Å². The lowest BCUT2D eigenvalue weighted by molar-refractivity contribution is 0.148. The van der Waals surface area contributed by atoms with E-state index in [0.717, 1.165) is 0 Å². The fourth-order valence-corrected chi connectivity index (χ4v) is 1.63. The number of rotatable bonds is 3. The standard InChI is InChI=1S/C11H10F2N2O2/c1-16-8-4-2-3-6(9(8)10(12)13)7-5-15-17-11(7)14/h2-5,10H,14H2,1H3. The average Bonchev–Trinajstić information content (AvgIpc) is 2.74. The van der Waals surface area contributed by atoms with E-state index in [1.165, 1.54) is 25.4 Å². The Balaban J connectivity index is 2.65. The summed E-state index contributed by atoms with van der Waals surface area (Å²) in [5.74, 6) is 0.109. The molecule has 0 amide bonds. The van der Waals surface area contributed by atoms with E-state index >= 15 is 0 Å². The third-order valence-corrected chi connectivity index (χ3v) is 2.39. The number of nitrogens with zero attached hydrogens (tertiary/aromatic N) is 1. The monoisotopic (exact) mass is 240 g/mol. The van der Waals surface area contributed by atoms with E-state index in [0.29, 0.717) is 5.56 Å². The number of benzene rings is 1. The molecule has 2 aromatic rings. The fraction of sp³-hybridized carbons (Fsp3) is 0.182. The van der Waals surface area contributed by atoms with Crippen molar-refractivity contribution in [1.29, 1.82) is 0 Å². The van der Waals surface area contributed by atoms with Crippen LogP contribution in [0.1, 0.15) is 12.0 Å². The van der Waals surface area contributed by atoms with E-state index in [2.05, 4.69) is 9.68 Å². The van der Waals surface area contributed by atoms with Gasteiger partial charge in [-0.2, -0.15) is 0 Å². The van der Waals surface area contributed by atoms with Gasteiger partial charge in [-0.25, -0.2) is 8.78 Å². The molecule has 4 nitrogen and oxygen atoms in total. The van der Waals surface area contributed by atoms with Crippen LogP contribution in [-0.2, 0) is 0 Å². The first-order valence-electron chi connectivity index (χ1n) is 4.80.